The number of benzene rings is 2. The molecule has 0 radical (unpaired) electrons. The van der Waals surface area contributed by atoms with Crippen molar-refractivity contribution in [2.75, 3.05) is 5.32 Å². The van der Waals surface area contributed by atoms with Gasteiger partial charge in [-0.15, -0.1) is 0 Å². The molecule has 4 nitrogen and oxygen atoms in total. The second-order valence-electron chi connectivity index (χ2n) is 6.59. The molecule has 2 aromatic carbocycles. The Labute approximate surface area is 154 Å². The molecule has 1 saturated carbocycles. The Morgan fingerprint density at radius 3 is 2.40 bits per heavy atom. The van der Waals surface area contributed by atoms with Crippen molar-refractivity contribution in [3.8, 4) is 0 Å². The van der Waals surface area contributed by atoms with Crippen LogP contribution in [0.15, 0.2) is 36.4 Å². The maximum atomic E-state index is 12.6. The van der Waals surface area contributed by atoms with Crippen LogP contribution < -0.4 is 5.32 Å². The van der Waals surface area contributed by atoms with E-state index in [9.17, 15) is 14.7 Å². The highest BCUT2D eigenvalue weighted by atomic mass is 35.5. The first-order valence-electron chi connectivity index (χ1n) is 8.05. The molecule has 2 N–H and O–H groups in total. The molecule has 0 saturated heterocycles. The van der Waals surface area contributed by atoms with E-state index in [1.165, 1.54) is 30.5 Å². The van der Waals surface area contributed by atoms with Gasteiger partial charge in [0.15, 0.2) is 11.4 Å². The minimum absolute atomic E-state index is 0.162. The van der Waals surface area contributed by atoms with E-state index in [-0.39, 0.29) is 27.1 Å². The van der Waals surface area contributed by atoms with Crippen LogP contribution in [0.2, 0.25) is 10.0 Å². The molecule has 6 heteroatoms. The van der Waals surface area contributed by atoms with Gasteiger partial charge in [0, 0.05) is 16.1 Å². The average molecular weight is 376 g/mol. The van der Waals surface area contributed by atoms with Crippen molar-refractivity contribution in [2.24, 2.45) is 0 Å². The fourth-order valence-corrected chi connectivity index (χ4v) is 3.79. The minimum atomic E-state index is -2.02. The van der Waals surface area contributed by atoms with Crippen LogP contribution in [0.1, 0.15) is 46.7 Å². The molecule has 2 aromatic rings. The third-order valence-electron chi connectivity index (χ3n) is 4.83. The topological polar surface area (TPSA) is 66.4 Å². The normalized spacial score (nSPS) is 21.8. The molecular weight excluding hydrogens is 361 g/mol. The number of fused-ring (bicyclic) bond motifs is 1. The first-order valence-corrected chi connectivity index (χ1v) is 8.81. The number of rotatable bonds is 4. The van der Waals surface area contributed by atoms with Gasteiger partial charge in [-0.2, -0.15) is 0 Å². The Bertz CT molecular complexity index is 890. The summed E-state index contributed by atoms with van der Waals surface area (Å²) in [5.41, 5.74) is 0.0725. The van der Waals surface area contributed by atoms with Crippen molar-refractivity contribution < 1.29 is 14.7 Å². The second kappa shape index (κ2) is 5.84. The van der Waals surface area contributed by atoms with Crippen molar-refractivity contribution in [1.82, 2.24) is 0 Å². The van der Waals surface area contributed by atoms with Crippen LogP contribution >= 0.6 is 23.2 Å². The first kappa shape index (κ1) is 16.6. The van der Waals surface area contributed by atoms with Gasteiger partial charge in [0.05, 0.1) is 17.1 Å². The largest absolute Gasteiger partial charge is 0.375 e. The number of anilines is 1. The molecule has 1 heterocycles. The van der Waals surface area contributed by atoms with Gasteiger partial charge in [-0.1, -0.05) is 47.5 Å². The van der Waals surface area contributed by atoms with Crippen molar-refractivity contribution in [3.05, 3.63) is 63.1 Å². The number of amides is 1. The number of carbonyl (C=O) groups excluding carboxylic acids is 2. The number of halogens is 2. The summed E-state index contributed by atoms with van der Waals surface area (Å²) >= 11 is 12.2. The number of hydrogen-bond donors (Lipinski definition) is 2. The maximum Gasteiger partial charge on any atom is 0.261 e. The number of Topliss-reactive ketones (excluding diaryl/α,β-unsaturated/α-hetero) is 1. The summed E-state index contributed by atoms with van der Waals surface area (Å²) in [4.78, 5) is 25.0. The fraction of sp³-hybridized carbons (Fsp3) is 0.263. The van der Waals surface area contributed by atoms with Crippen LogP contribution in [0.25, 0.3) is 0 Å². The van der Waals surface area contributed by atoms with Crippen LogP contribution in [0.4, 0.5) is 5.69 Å². The number of carbonyl (C=O) groups is 2. The lowest BCUT2D eigenvalue weighted by Gasteiger charge is -2.21. The van der Waals surface area contributed by atoms with Crippen LogP contribution in [-0.4, -0.2) is 16.8 Å². The standard InChI is InChI=1S/C19H15Cl2NO3/c20-13-7-8-14(21)17-16(13)19(25,18(24)22-17)9-15(23)12-5-3-11(4-6-12)10-1-2-10/h3-8,10,25H,1-2,9H2,(H,22,24)/t19-/m0/s1. The maximum absolute atomic E-state index is 12.6. The zero-order chi connectivity index (χ0) is 17.8. The van der Waals surface area contributed by atoms with E-state index in [0.717, 1.165) is 0 Å². The van der Waals surface area contributed by atoms with Gasteiger partial charge < -0.3 is 10.4 Å². The molecule has 4 rings (SSSR count). The quantitative estimate of drug-likeness (QED) is 0.783. The lowest BCUT2D eigenvalue weighted by Crippen LogP contribution is -2.36. The molecule has 0 aromatic heterocycles. The van der Waals surface area contributed by atoms with Gasteiger partial charge in [0.25, 0.3) is 5.91 Å². The molecule has 2 aliphatic rings. The van der Waals surface area contributed by atoms with E-state index in [1.54, 1.807) is 12.1 Å². The number of ketones is 1. The highest BCUT2D eigenvalue weighted by Gasteiger charge is 2.49. The van der Waals surface area contributed by atoms with Gasteiger partial charge in [0.1, 0.15) is 0 Å². The zero-order valence-corrected chi connectivity index (χ0v) is 14.7. The molecular formula is C19H15Cl2NO3. The van der Waals surface area contributed by atoms with Gasteiger partial charge in [-0.05, 0) is 36.5 Å². The molecule has 1 amide bonds. The van der Waals surface area contributed by atoms with Crippen molar-refractivity contribution in [1.29, 1.82) is 0 Å². The van der Waals surface area contributed by atoms with Gasteiger partial charge >= 0.3 is 0 Å². The summed E-state index contributed by atoms with van der Waals surface area (Å²) in [6.45, 7) is 0. The minimum Gasteiger partial charge on any atom is -0.375 e. The molecule has 0 unspecified atom stereocenters. The predicted octanol–water partition coefficient (Wildman–Crippen LogP) is 4.28. The lowest BCUT2D eigenvalue weighted by atomic mass is 9.88. The van der Waals surface area contributed by atoms with Gasteiger partial charge in [-0.3, -0.25) is 9.59 Å². The van der Waals surface area contributed by atoms with Crippen molar-refractivity contribution in [3.63, 3.8) is 0 Å². The third kappa shape index (κ3) is 2.74. The van der Waals surface area contributed by atoms with E-state index in [0.29, 0.717) is 11.5 Å². The molecule has 25 heavy (non-hydrogen) atoms. The molecule has 0 spiro atoms. The van der Waals surface area contributed by atoms with E-state index in [1.807, 2.05) is 12.1 Å². The summed E-state index contributed by atoms with van der Waals surface area (Å²) in [5, 5.41) is 13.9. The van der Waals surface area contributed by atoms with Crippen LogP contribution in [0.3, 0.4) is 0 Å². The molecule has 0 bridgehead atoms. The summed E-state index contributed by atoms with van der Waals surface area (Å²) in [6, 6.07) is 10.4. The number of hydrogen-bond acceptors (Lipinski definition) is 3. The number of aliphatic hydroxyl groups is 1. The first-order chi connectivity index (χ1) is 11.9. The van der Waals surface area contributed by atoms with E-state index >= 15 is 0 Å². The van der Waals surface area contributed by atoms with Crippen LogP contribution in [0, 0.1) is 0 Å². The summed E-state index contributed by atoms with van der Waals surface area (Å²) in [6.07, 6.45) is 1.97. The fourth-order valence-electron chi connectivity index (χ4n) is 3.27. The molecule has 1 aliphatic heterocycles. The summed E-state index contributed by atoms with van der Waals surface area (Å²) in [7, 11) is 0. The van der Waals surface area contributed by atoms with Crippen molar-refractivity contribution in [2.45, 2.75) is 30.8 Å². The lowest BCUT2D eigenvalue weighted by molar-refractivity contribution is -0.133. The van der Waals surface area contributed by atoms with Crippen LogP contribution in [-0.2, 0) is 10.4 Å². The summed E-state index contributed by atoms with van der Waals surface area (Å²) < 4.78 is 0. The highest BCUT2D eigenvalue weighted by molar-refractivity contribution is 6.38. The van der Waals surface area contributed by atoms with E-state index < -0.39 is 17.9 Å². The SMILES string of the molecule is O=C(C[C@@]1(O)C(=O)Nc2c(Cl)ccc(Cl)c21)c1ccc(C2CC2)cc1. The molecule has 1 fully saturated rings. The van der Waals surface area contributed by atoms with Crippen molar-refractivity contribution >= 4 is 40.6 Å². The smallest absolute Gasteiger partial charge is 0.261 e. The number of nitrogens with one attached hydrogen (secondary N) is 1. The van der Waals surface area contributed by atoms with Gasteiger partial charge in [-0.25, -0.2) is 0 Å². The third-order valence-corrected chi connectivity index (χ3v) is 5.46. The Kier molecular flexibility index (Phi) is 3.87. The van der Waals surface area contributed by atoms with Crippen LogP contribution in [0.5, 0.6) is 0 Å². The Morgan fingerprint density at radius 1 is 1.12 bits per heavy atom. The molecule has 1 aliphatic carbocycles. The zero-order valence-electron chi connectivity index (χ0n) is 13.2. The highest BCUT2D eigenvalue weighted by Crippen LogP contribution is 2.46. The Morgan fingerprint density at radius 2 is 1.76 bits per heavy atom. The summed E-state index contributed by atoms with van der Waals surface area (Å²) in [5.74, 6) is -0.425. The Hall–Kier alpha value is -1.88. The second-order valence-corrected chi connectivity index (χ2v) is 7.40. The van der Waals surface area contributed by atoms with E-state index in [4.69, 9.17) is 23.2 Å². The predicted molar refractivity (Wildman–Crippen MR) is 96.4 cm³/mol. The van der Waals surface area contributed by atoms with Gasteiger partial charge in [0.2, 0.25) is 0 Å². The average Bonchev–Trinajstić information content (AvgIpc) is 3.39. The Balaban J connectivity index is 1.65. The van der Waals surface area contributed by atoms with E-state index in [2.05, 4.69) is 5.32 Å². The molecule has 128 valence electrons. The molecule has 1 atom stereocenters. The monoisotopic (exact) mass is 375 g/mol.